The number of aromatic nitrogens is 4. The highest BCUT2D eigenvalue weighted by molar-refractivity contribution is 5.42. The monoisotopic (exact) mass is 277 g/mol. The molecule has 0 amide bonds. The molecule has 0 bridgehead atoms. The normalized spacial score (nSPS) is 11.8. The first-order valence-electron chi connectivity index (χ1n) is 7.19. The number of hydrogen-bond donors (Lipinski definition) is 1. The van der Waals surface area contributed by atoms with Gasteiger partial charge in [0.1, 0.15) is 0 Å². The smallest absolute Gasteiger partial charge is 0.315 e. The second kappa shape index (κ2) is 6.07. The van der Waals surface area contributed by atoms with Crippen LogP contribution in [-0.4, -0.2) is 26.3 Å². The first-order valence-corrected chi connectivity index (χ1v) is 7.19. The van der Waals surface area contributed by atoms with Gasteiger partial charge in [-0.25, -0.2) is 4.98 Å². The van der Waals surface area contributed by atoms with E-state index in [-0.39, 0.29) is 5.41 Å². The minimum atomic E-state index is 0.290. The van der Waals surface area contributed by atoms with Crippen molar-refractivity contribution >= 4 is 6.01 Å². The zero-order valence-corrected chi connectivity index (χ0v) is 12.7. The van der Waals surface area contributed by atoms with Crippen LogP contribution in [0.1, 0.15) is 40.0 Å². The molecule has 0 spiro atoms. The largest absolute Gasteiger partial charge is 0.400 e. The van der Waals surface area contributed by atoms with E-state index in [9.17, 15) is 0 Å². The minimum Gasteiger partial charge on any atom is -0.400 e. The van der Waals surface area contributed by atoms with Crippen molar-refractivity contribution in [1.29, 1.82) is 0 Å². The topological polar surface area (TPSA) is 68.8 Å². The Balaban J connectivity index is 2.05. The maximum absolute atomic E-state index is 5.62. The average molecular weight is 277 g/mol. The third kappa shape index (κ3) is 2.84. The first-order chi connectivity index (χ1) is 9.64. The van der Waals surface area contributed by atoms with Crippen LogP contribution in [0.2, 0.25) is 0 Å². The summed E-state index contributed by atoms with van der Waals surface area (Å²) in [5.74, 6) is 1.12. The molecule has 0 atom stereocenters. The Morgan fingerprint density at radius 1 is 1.20 bits per heavy atom. The predicted octanol–water partition coefficient (Wildman–Crippen LogP) is 3.10. The van der Waals surface area contributed by atoms with Crippen molar-refractivity contribution < 1.29 is 4.42 Å². The summed E-state index contributed by atoms with van der Waals surface area (Å²) in [5.41, 5.74) is 0.290. The van der Waals surface area contributed by atoms with Crippen molar-refractivity contribution in [2.45, 2.75) is 40.0 Å². The van der Waals surface area contributed by atoms with Gasteiger partial charge in [0.25, 0.3) is 5.89 Å². The molecule has 2 aromatic rings. The zero-order chi connectivity index (χ0) is 14.6. The Morgan fingerprint density at radius 3 is 2.45 bits per heavy atom. The van der Waals surface area contributed by atoms with E-state index in [0.29, 0.717) is 17.7 Å². The minimum absolute atomic E-state index is 0.290. The van der Waals surface area contributed by atoms with Gasteiger partial charge in [-0.2, -0.15) is 0 Å². The number of rotatable bonds is 7. The SMILES string of the molecule is CCC(CC)(CC)CNc1nnc(-c2nccn2C)o1. The molecule has 0 saturated carbocycles. The first kappa shape index (κ1) is 14.6. The van der Waals surface area contributed by atoms with Crippen LogP contribution in [0.3, 0.4) is 0 Å². The van der Waals surface area contributed by atoms with Crippen molar-refractivity contribution in [2.24, 2.45) is 12.5 Å². The lowest BCUT2D eigenvalue weighted by Gasteiger charge is -2.30. The lowest BCUT2D eigenvalue weighted by molar-refractivity contribution is 0.269. The van der Waals surface area contributed by atoms with Crippen LogP contribution in [0.5, 0.6) is 0 Å². The Labute approximate surface area is 119 Å². The summed E-state index contributed by atoms with van der Waals surface area (Å²) in [6.45, 7) is 7.52. The van der Waals surface area contributed by atoms with Crippen molar-refractivity contribution in [1.82, 2.24) is 19.7 Å². The van der Waals surface area contributed by atoms with Gasteiger partial charge in [0, 0.05) is 26.0 Å². The van der Waals surface area contributed by atoms with E-state index in [1.54, 1.807) is 6.20 Å². The molecule has 0 unspecified atom stereocenters. The molecule has 6 nitrogen and oxygen atoms in total. The summed E-state index contributed by atoms with van der Waals surface area (Å²) in [4.78, 5) is 4.20. The summed E-state index contributed by atoms with van der Waals surface area (Å²) >= 11 is 0. The molecule has 6 heteroatoms. The highest BCUT2D eigenvalue weighted by Crippen LogP contribution is 2.30. The van der Waals surface area contributed by atoms with Gasteiger partial charge < -0.3 is 14.3 Å². The average Bonchev–Trinajstić information content (AvgIpc) is 3.09. The molecular formula is C14H23N5O. The molecule has 0 aliphatic rings. The van der Waals surface area contributed by atoms with Gasteiger partial charge in [-0.05, 0) is 24.7 Å². The molecule has 0 aromatic carbocycles. The van der Waals surface area contributed by atoms with E-state index < -0.39 is 0 Å². The molecule has 20 heavy (non-hydrogen) atoms. The molecule has 0 radical (unpaired) electrons. The third-order valence-corrected chi connectivity index (χ3v) is 4.30. The summed E-state index contributed by atoms with van der Waals surface area (Å²) in [7, 11) is 1.90. The highest BCUT2D eigenvalue weighted by Gasteiger charge is 2.24. The Morgan fingerprint density at radius 2 is 1.90 bits per heavy atom. The van der Waals surface area contributed by atoms with Crippen LogP contribution in [0, 0.1) is 5.41 Å². The van der Waals surface area contributed by atoms with Crippen LogP contribution < -0.4 is 5.32 Å². The molecule has 0 fully saturated rings. The number of hydrogen-bond acceptors (Lipinski definition) is 5. The van der Waals surface area contributed by atoms with E-state index in [0.717, 1.165) is 25.8 Å². The molecule has 2 aromatic heterocycles. The van der Waals surface area contributed by atoms with Gasteiger partial charge in [0.15, 0.2) is 5.82 Å². The summed E-state index contributed by atoms with van der Waals surface area (Å²) in [6.07, 6.45) is 6.96. The van der Waals surface area contributed by atoms with E-state index in [1.165, 1.54) is 0 Å². The summed E-state index contributed by atoms with van der Waals surface area (Å²) < 4.78 is 7.47. The second-order valence-corrected chi connectivity index (χ2v) is 5.19. The molecule has 2 heterocycles. The number of imidazole rings is 1. The quantitative estimate of drug-likeness (QED) is 0.842. The maximum Gasteiger partial charge on any atom is 0.315 e. The van der Waals surface area contributed by atoms with Crippen LogP contribution >= 0.6 is 0 Å². The molecule has 2 rings (SSSR count). The van der Waals surface area contributed by atoms with Crippen molar-refractivity contribution in [3.05, 3.63) is 12.4 Å². The van der Waals surface area contributed by atoms with E-state index >= 15 is 0 Å². The van der Waals surface area contributed by atoms with E-state index in [2.05, 4.69) is 41.3 Å². The van der Waals surface area contributed by atoms with Gasteiger partial charge in [-0.15, -0.1) is 5.10 Å². The Hall–Kier alpha value is -1.85. The fourth-order valence-electron chi connectivity index (χ4n) is 2.34. The van der Waals surface area contributed by atoms with Crippen LogP contribution in [-0.2, 0) is 7.05 Å². The standard InChI is InChI=1S/C14H23N5O/c1-5-14(6-2,7-3)10-16-13-18-17-12(20-13)11-15-8-9-19(11)4/h8-9H,5-7,10H2,1-4H3,(H,16,18). The van der Waals surface area contributed by atoms with Gasteiger partial charge in [-0.1, -0.05) is 25.9 Å². The maximum atomic E-state index is 5.62. The van der Waals surface area contributed by atoms with Gasteiger partial charge in [0.2, 0.25) is 0 Å². The van der Waals surface area contributed by atoms with Gasteiger partial charge in [0.05, 0.1) is 0 Å². The number of aryl methyl sites for hydroxylation is 1. The molecule has 0 aliphatic heterocycles. The molecule has 0 saturated heterocycles. The van der Waals surface area contributed by atoms with Crippen molar-refractivity contribution in [2.75, 3.05) is 11.9 Å². The second-order valence-electron chi connectivity index (χ2n) is 5.19. The van der Waals surface area contributed by atoms with Crippen LogP contribution in [0.15, 0.2) is 16.8 Å². The molecule has 1 N–H and O–H groups in total. The number of anilines is 1. The van der Waals surface area contributed by atoms with Gasteiger partial charge in [-0.3, -0.25) is 0 Å². The fourth-order valence-corrected chi connectivity index (χ4v) is 2.34. The summed E-state index contributed by atoms with van der Waals surface area (Å²) in [6, 6.07) is 0.461. The van der Waals surface area contributed by atoms with Crippen LogP contribution in [0.4, 0.5) is 6.01 Å². The lowest BCUT2D eigenvalue weighted by Crippen LogP contribution is -2.27. The van der Waals surface area contributed by atoms with Gasteiger partial charge >= 0.3 is 6.01 Å². The predicted molar refractivity (Wildman–Crippen MR) is 78.3 cm³/mol. The fraction of sp³-hybridized carbons (Fsp3) is 0.643. The third-order valence-electron chi connectivity index (χ3n) is 4.30. The molecule has 0 aliphatic carbocycles. The Kier molecular flexibility index (Phi) is 4.42. The number of nitrogens with one attached hydrogen (secondary N) is 1. The molecule has 110 valence electrons. The lowest BCUT2D eigenvalue weighted by atomic mass is 9.80. The van der Waals surface area contributed by atoms with Crippen LogP contribution in [0.25, 0.3) is 11.7 Å². The Bertz CT molecular complexity index is 533. The summed E-state index contributed by atoms with van der Waals surface area (Å²) in [5, 5.41) is 11.3. The van der Waals surface area contributed by atoms with Crippen molar-refractivity contribution in [3.63, 3.8) is 0 Å². The van der Waals surface area contributed by atoms with E-state index in [4.69, 9.17) is 4.42 Å². The number of nitrogens with zero attached hydrogens (tertiary/aromatic N) is 4. The highest BCUT2D eigenvalue weighted by atomic mass is 16.4. The zero-order valence-electron chi connectivity index (χ0n) is 12.7. The van der Waals surface area contributed by atoms with E-state index in [1.807, 2.05) is 17.8 Å². The molecular weight excluding hydrogens is 254 g/mol. The van der Waals surface area contributed by atoms with Crippen molar-refractivity contribution in [3.8, 4) is 11.7 Å².